The van der Waals surface area contributed by atoms with Crippen LogP contribution in [0.25, 0.3) is 0 Å². The smallest absolute Gasteiger partial charge is 0.253 e. The number of aliphatic hydroxyl groups excluding tert-OH is 1. The molecular weight excluding hydrogens is 266 g/mol. The van der Waals surface area contributed by atoms with Crippen molar-refractivity contribution < 1.29 is 14.6 Å². The van der Waals surface area contributed by atoms with E-state index >= 15 is 0 Å². The number of hydrogen-bond donors (Lipinski definition) is 2. The van der Waals surface area contributed by atoms with Gasteiger partial charge in [-0.1, -0.05) is 31.9 Å². The van der Waals surface area contributed by atoms with Crippen LogP contribution in [0.2, 0.25) is 0 Å². The number of amides is 1. The molecule has 0 bridgehead atoms. The van der Waals surface area contributed by atoms with E-state index in [0.29, 0.717) is 17.9 Å². The minimum Gasteiger partial charge on any atom is -0.497 e. The number of carbonyl (C=O) groups is 1. The van der Waals surface area contributed by atoms with Crippen molar-refractivity contribution in [3.8, 4) is 5.75 Å². The number of carbonyl (C=O) groups excluding carboxylic acids is 1. The third-order valence-corrected chi connectivity index (χ3v) is 4.49. The molecule has 0 aliphatic heterocycles. The summed E-state index contributed by atoms with van der Waals surface area (Å²) in [4.78, 5) is 12.1. The van der Waals surface area contributed by atoms with Crippen LogP contribution in [0.3, 0.4) is 0 Å². The monoisotopic (exact) mass is 291 g/mol. The molecule has 4 heteroatoms. The van der Waals surface area contributed by atoms with Gasteiger partial charge in [0, 0.05) is 6.54 Å². The van der Waals surface area contributed by atoms with Crippen LogP contribution < -0.4 is 10.1 Å². The summed E-state index contributed by atoms with van der Waals surface area (Å²) >= 11 is 0. The van der Waals surface area contributed by atoms with Gasteiger partial charge >= 0.3 is 0 Å². The maximum absolute atomic E-state index is 12.1. The Labute approximate surface area is 126 Å². The van der Waals surface area contributed by atoms with Crippen LogP contribution in [-0.2, 0) is 4.79 Å². The van der Waals surface area contributed by atoms with E-state index in [4.69, 9.17) is 4.74 Å². The fourth-order valence-corrected chi connectivity index (χ4v) is 3.06. The Morgan fingerprint density at radius 3 is 2.81 bits per heavy atom. The molecule has 21 heavy (non-hydrogen) atoms. The highest BCUT2D eigenvalue weighted by Crippen LogP contribution is 2.44. The number of benzene rings is 1. The van der Waals surface area contributed by atoms with Crippen molar-refractivity contribution in [1.82, 2.24) is 5.32 Å². The third kappa shape index (κ3) is 3.76. The Morgan fingerprint density at radius 2 is 2.24 bits per heavy atom. The highest BCUT2D eigenvalue weighted by molar-refractivity contribution is 5.82. The predicted molar refractivity (Wildman–Crippen MR) is 82.2 cm³/mol. The second-order valence-electron chi connectivity index (χ2n) is 6.00. The number of ether oxygens (including phenoxy) is 1. The second kappa shape index (κ2) is 6.94. The topological polar surface area (TPSA) is 58.6 Å². The summed E-state index contributed by atoms with van der Waals surface area (Å²) < 4.78 is 5.11. The highest BCUT2D eigenvalue weighted by Gasteiger charge is 2.36. The first-order valence-electron chi connectivity index (χ1n) is 7.70. The normalized spacial score (nSPS) is 17.7. The minimum atomic E-state index is -1.14. The van der Waals surface area contributed by atoms with Crippen LogP contribution in [-0.4, -0.2) is 24.7 Å². The van der Waals surface area contributed by atoms with Gasteiger partial charge in [0.25, 0.3) is 5.91 Å². The van der Waals surface area contributed by atoms with Crippen LogP contribution in [0.15, 0.2) is 24.3 Å². The first-order chi connectivity index (χ1) is 10.1. The zero-order chi connectivity index (χ0) is 15.3. The Bertz CT molecular complexity index is 483. The summed E-state index contributed by atoms with van der Waals surface area (Å²) in [5.74, 6) is 0.312. The zero-order valence-corrected chi connectivity index (χ0v) is 12.9. The van der Waals surface area contributed by atoms with Crippen molar-refractivity contribution in [1.29, 1.82) is 0 Å². The van der Waals surface area contributed by atoms with Crippen LogP contribution in [0, 0.1) is 5.41 Å². The van der Waals surface area contributed by atoms with E-state index < -0.39 is 6.10 Å². The van der Waals surface area contributed by atoms with Gasteiger partial charge in [-0.2, -0.15) is 0 Å². The number of rotatable bonds is 7. The molecule has 116 valence electrons. The van der Waals surface area contributed by atoms with Crippen molar-refractivity contribution in [3.05, 3.63) is 29.8 Å². The van der Waals surface area contributed by atoms with Gasteiger partial charge in [0.15, 0.2) is 6.10 Å². The standard InChI is InChI=1S/C17H25NO3/c1-3-8-17(9-5-10-17)12-18-16(20)15(19)13-6-4-7-14(11-13)21-2/h4,6-7,11,15,19H,3,5,8-10,12H2,1-2H3,(H,18,20). The van der Waals surface area contributed by atoms with E-state index in [-0.39, 0.29) is 11.3 Å². The minimum absolute atomic E-state index is 0.262. The Balaban J connectivity index is 1.93. The molecule has 1 aromatic rings. The Kier molecular flexibility index (Phi) is 5.23. The predicted octanol–water partition coefficient (Wildman–Crippen LogP) is 2.82. The van der Waals surface area contributed by atoms with Crippen LogP contribution in [0.4, 0.5) is 0 Å². The van der Waals surface area contributed by atoms with Gasteiger partial charge in [-0.3, -0.25) is 4.79 Å². The molecule has 2 rings (SSSR count). The molecule has 1 aliphatic carbocycles. The van der Waals surface area contributed by atoms with E-state index in [1.165, 1.54) is 19.3 Å². The van der Waals surface area contributed by atoms with Gasteiger partial charge in [-0.25, -0.2) is 0 Å². The maximum atomic E-state index is 12.1. The fourth-order valence-electron chi connectivity index (χ4n) is 3.06. The fraction of sp³-hybridized carbons (Fsp3) is 0.588. The number of aliphatic hydroxyl groups is 1. The summed E-state index contributed by atoms with van der Waals surface area (Å²) in [6.07, 6.45) is 4.73. The Hall–Kier alpha value is -1.55. The molecule has 1 aliphatic rings. The van der Waals surface area contributed by atoms with Gasteiger partial charge < -0.3 is 15.2 Å². The molecule has 1 atom stereocenters. The molecule has 1 unspecified atom stereocenters. The Morgan fingerprint density at radius 1 is 1.48 bits per heavy atom. The number of nitrogens with one attached hydrogen (secondary N) is 1. The van der Waals surface area contributed by atoms with E-state index in [1.54, 1.807) is 31.4 Å². The first-order valence-corrected chi connectivity index (χ1v) is 7.70. The van der Waals surface area contributed by atoms with E-state index in [0.717, 1.165) is 12.8 Å². The molecule has 1 saturated carbocycles. The second-order valence-corrected chi connectivity index (χ2v) is 6.00. The lowest BCUT2D eigenvalue weighted by molar-refractivity contribution is -0.130. The molecule has 1 fully saturated rings. The van der Waals surface area contributed by atoms with Crippen LogP contribution >= 0.6 is 0 Å². The van der Waals surface area contributed by atoms with Gasteiger partial charge in [0.1, 0.15) is 5.75 Å². The van der Waals surface area contributed by atoms with E-state index in [2.05, 4.69) is 12.2 Å². The van der Waals surface area contributed by atoms with Crippen molar-refractivity contribution in [2.24, 2.45) is 5.41 Å². The summed E-state index contributed by atoms with van der Waals surface area (Å²) in [7, 11) is 1.57. The molecule has 1 amide bonds. The van der Waals surface area contributed by atoms with Crippen molar-refractivity contribution in [3.63, 3.8) is 0 Å². The lowest BCUT2D eigenvalue weighted by atomic mass is 9.66. The summed E-state index contributed by atoms with van der Waals surface area (Å²) in [6.45, 7) is 2.84. The average Bonchev–Trinajstić information content (AvgIpc) is 2.48. The number of methoxy groups -OCH3 is 1. The van der Waals surface area contributed by atoms with Crippen molar-refractivity contribution >= 4 is 5.91 Å². The average molecular weight is 291 g/mol. The lowest BCUT2D eigenvalue weighted by Gasteiger charge is -2.42. The molecule has 0 saturated heterocycles. The zero-order valence-electron chi connectivity index (χ0n) is 12.9. The quantitative estimate of drug-likeness (QED) is 0.812. The largest absolute Gasteiger partial charge is 0.497 e. The molecule has 4 nitrogen and oxygen atoms in total. The molecule has 2 N–H and O–H groups in total. The van der Waals surface area contributed by atoms with Gasteiger partial charge in [0.05, 0.1) is 7.11 Å². The van der Waals surface area contributed by atoms with Gasteiger partial charge in [-0.05, 0) is 42.4 Å². The summed E-state index contributed by atoms with van der Waals surface area (Å²) in [5, 5.41) is 13.1. The molecular formula is C17H25NO3. The van der Waals surface area contributed by atoms with Crippen molar-refractivity contribution in [2.75, 3.05) is 13.7 Å². The first kappa shape index (κ1) is 15.8. The molecule has 1 aromatic carbocycles. The maximum Gasteiger partial charge on any atom is 0.253 e. The highest BCUT2D eigenvalue weighted by atomic mass is 16.5. The summed E-state index contributed by atoms with van der Waals surface area (Å²) in [5.41, 5.74) is 0.823. The molecule has 0 aromatic heterocycles. The van der Waals surface area contributed by atoms with Gasteiger partial charge in [0.2, 0.25) is 0 Å². The van der Waals surface area contributed by atoms with E-state index in [9.17, 15) is 9.90 Å². The third-order valence-electron chi connectivity index (χ3n) is 4.49. The van der Waals surface area contributed by atoms with Crippen molar-refractivity contribution in [2.45, 2.75) is 45.1 Å². The molecule has 0 radical (unpaired) electrons. The number of hydrogen-bond acceptors (Lipinski definition) is 3. The lowest BCUT2D eigenvalue weighted by Crippen LogP contribution is -2.43. The molecule has 0 spiro atoms. The SMILES string of the molecule is CCCC1(CNC(=O)C(O)c2cccc(OC)c2)CCC1. The van der Waals surface area contributed by atoms with Crippen LogP contribution in [0.5, 0.6) is 5.75 Å². The summed E-state index contributed by atoms with van der Waals surface area (Å²) in [6, 6.07) is 6.99. The van der Waals surface area contributed by atoms with E-state index in [1.807, 2.05) is 0 Å². The molecule has 0 heterocycles. The van der Waals surface area contributed by atoms with Crippen LogP contribution in [0.1, 0.15) is 50.7 Å². The van der Waals surface area contributed by atoms with Gasteiger partial charge in [-0.15, -0.1) is 0 Å².